The van der Waals surface area contributed by atoms with Crippen molar-refractivity contribution < 1.29 is 9.53 Å². The van der Waals surface area contributed by atoms with Crippen LogP contribution in [-0.2, 0) is 0 Å². The van der Waals surface area contributed by atoms with Gasteiger partial charge in [0.05, 0.1) is 28.7 Å². The van der Waals surface area contributed by atoms with Crippen molar-refractivity contribution in [2.45, 2.75) is 19.9 Å². The number of carbonyl (C=O) groups excluding carboxylic acids is 1. The molecule has 3 aromatic rings. The van der Waals surface area contributed by atoms with E-state index in [4.69, 9.17) is 16.3 Å². The number of nitrogens with one attached hydrogen (secondary N) is 1. The zero-order valence-electron chi connectivity index (χ0n) is 14.6. The molecule has 0 unspecified atom stereocenters. The Kier molecular flexibility index (Phi) is 4.95. The van der Waals surface area contributed by atoms with E-state index in [-0.39, 0.29) is 17.5 Å². The highest BCUT2D eigenvalue weighted by Gasteiger charge is 2.12. The molecule has 7 heteroatoms. The summed E-state index contributed by atoms with van der Waals surface area (Å²) in [6.45, 7) is 3.77. The fraction of sp³-hybridized carbons (Fsp3) is 0.211. The van der Waals surface area contributed by atoms with Crippen molar-refractivity contribution in [2.75, 3.05) is 7.11 Å². The molecule has 0 aliphatic carbocycles. The van der Waals surface area contributed by atoms with Crippen molar-refractivity contribution in [3.05, 3.63) is 63.7 Å². The predicted octanol–water partition coefficient (Wildman–Crippen LogP) is 3.19. The van der Waals surface area contributed by atoms with Crippen molar-refractivity contribution in [1.82, 2.24) is 14.9 Å². The van der Waals surface area contributed by atoms with Gasteiger partial charge in [0.25, 0.3) is 11.5 Å². The molecule has 1 heterocycles. The third-order valence-corrected chi connectivity index (χ3v) is 4.15. The first-order chi connectivity index (χ1) is 12.4. The number of aromatic nitrogens is 2. The van der Waals surface area contributed by atoms with Crippen LogP contribution in [0, 0.1) is 0 Å². The molecule has 0 fully saturated rings. The lowest BCUT2D eigenvalue weighted by molar-refractivity contribution is 0.0943. The van der Waals surface area contributed by atoms with Gasteiger partial charge in [-0.3, -0.25) is 14.2 Å². The molecule has 1 N–H and O–H groups in total. The van der Waals surface area contributed by atoms with Gasteiger partial charge in [0.1, 0.15) is 12.1 Å². The van der Waals surface area contributed by atoms with Crippen LogP contribution in [0.15, 0.2) is 47.5 Å². The van der Waals surface area contributed by atoms with Crippen LogP contribution in [0.1, 0.15) is 24.2 Å². The topological polar surface area (TPSA) is 73.2 Å². The predicted molar refractivity (Wildman–Crippen MR) is 102 cm³/mol. The highest BCUT2D eigenvalue weighted by atomic mass is 35.5. The van der Waals surface area contributed by atoms with Gasteiger partial charge in [-0.25, -0.2) is 4.98 Å². The van der Waals surface area contributed by atoms with Crippen LogP contribution in [0.5, 0.6) is 5.75 Å². The number of hydrogen-bond acceptors (Lipinski definition) is 4. The zero-order chi connectivity index (χ0) is 18.8. The lowest BCUT2D eigenvalue weighted by Crippen LogP contribution is -2.30. The van der Waals surface area contributed by atoms with E-state index in [2.05, 4.69) is 10.3 Å². The molecule has 0 bridgehead atoms. The fourth-order valence-corrected chi connectivity index (χ4v) is 2.85. The average Bonchev–Trinajstić information content (AvgIpc) is 2.61. The number of ether oxygens (including phenoxy) is 1. The molecule has 0 radical (unpaired) electrons. The van der Waals surface area contributed by atoms with Crippen LogP contribution in [0.25, 0.3) is 16.6 Å². The van der Waals surface area contributed by atoms with Crippen molar-refractivity contribution in [3.8, 4) is 11.4 Å². The molecule has 3 rings (SSSR count). The Hall–Kier alpha value is -2.86. The van der Waals surface area contributed by atoms with Crippen LogP contribution < -0.4 is 15.6 Å². The fourth-order valence-electron chi connectivity index (χ4n) is 2.60. The van der Waals surface area contributed by atoms with Crippen LogP contribution in [0.2, 0.25) is 5.02 Å². The quantitative estimate of drug-likeness (QED) is 0.764. The minimum atomic E-state index is -0.243. The Morgan fingerprint density at radius 3 is 2.65 bits per heavy atom. The second-order valence-electron chi connectivity index (χ2n) is 6.10. The van der Waals surface area contributed by atoms with Gasteiger partial charge in [-0.1, -0.05) is 11.6 Å². The number of fused-ring (bicyclic) bond motifs is 1. The molecule has 0 saturated heterocycles. The number of nitrogens with zero attached hydrogens (tertiary/aromatic N) is 2. The maximum atomic E-state index is 12.8. The molecule has 6 nitrogen and oxygen atoms in total. The summed E-state index contributed by atoms with van der Waals surface area (Å²) in [4.78, 5) is 29.2. The summed E-state index contributed by atoms with van der Waals surface area (Å²) in [6.07, 6.45) is 1.42. The van der Waals surface area contributed by atoms with Gasteiger partial charge in [-0.15, -0.1) is 0 Å². The molecule has 1 amide bonds. The summed E-state index contributed by atoms with van der Waals surface area (Å²) in [5.41, 5.74) is 1.26. The molecule has 0 spiro atoms. The number of benzene rings is 2. The molecule has 26 heavy (non-hydrogen) atoms. The number of methoxy groups -OCH3 is 1. The van der Waals surface area contributed by atoms with Crippen LogP contribution in [-0.4, -0.2) is 28.6 Å². The number of rotatable bonds is 4. The minimum Gasteiger partial charge on any atom is -0.495 e. The Balaban J connectivity index is 2.05. The van der Waals surface area contributed by atoms with E-state index in [9.17, 15) is 9.59 Å². The normalized spacial score (nSPS) is 11.0. The second-order valence-corrected chi connectivity index (χ2v) is 6.51. The van der Waals surface area contributed by atoms with Gasteiger partial charge < -0.3 is 10.1 Å². The monoisotopic (exact) mass is 371 g/mol. The average molecular weight is 372 g/mol. The van der Waals surface area contributed by atoms with E-state index < -0.39 is 0 Å². The first kappa shape index (κ1) is 17.9. The molecule has 0 saturated carbocycles. The minimum absolute atomic E-state index is 0.0268. The van der Waals surface area contributed by atoms with E-state index in [1.165, 1.54) is 18.0 Å². The van der Waals surface area contributed by atoms with Gasteiger partial charge in [0, 0.05) is 11.6 Å². The summed E-state index contributed by atoms with van der Waals surface area (Å²) in [5, 5.41) is 3.63. The molecule has 134 valence electrons. The van der Waals surface area contributed by atoms with Gasteiger partial charge in [0.15, 0.2) is 0 Å². The van der Waals surface area contributed by atoms with Gasteiger partial charge >= 0.3 is 0 Å². The zero-order valence-corrected chi connectivity index (χ0v) is 15.4. The van der Waals surface area contributed by atoms with Crippen molar-refractivity contribution in [3.63, 3.8) is 0 Å². The summed E-state index contributed by atoms with van der Waals surface area (Å²) in [7, 11) is 1.53. The third kappa shape index (κ3) is 3.41. The standard InChI is InChI=1S/C19H18ClN3O3/c1-11(2)22-18(24)12-4-6-14-16(8-12)21-10-23(19(14)25)13-5-7-17(26-3)15(20)9-13/h4-11H,1-3H3,(H,22,24). The second kappa shape index (κ2) is 7.17. The molecule has 2 aromatic carbocycles. The number of halogens is 1. The molecule has 0 aliphatic rings. The highest BCUT2D eigenvalue weighted by molar-refractivity contribution is 6.32. The van der Waals surface area contributed by atoms with E-state index >= 15 is 0 Å². The molecular formula is C19H18ClN3O3. The summed E-state index contributed by atoms with van der Waals surface area (Å²) < 4.78 is 6.53. The summed E-state index contributed by atoms with van der Waals surface area (Å²) >= 11 is 6.14. The smallest absolute Gasteiger partial charge is 0.265 e. The van der Waals surface area contributed by atoms with Crippen molar-refractivity contribution in [1.29, 1.82) is 0 Å². The number of amides is 1. The number of carbonyl (C=O) groups is 1. The SMILES string of the molecule is COc1ccc(-n2cnc3cc(C(=O)NC(C)C)ccc3c2=O)cc1Cl. The molecule has 0 atom stereocenters. The maximum absolute atomic E-state index is 12.8. The largest absolute Gasteiger partial charge is 0.495 e. The van der Waals surface area contributed by atoms with E-state index in [1.807, 2.05) is 13.8 Å². The van der Waals surface area contributed by atoms with Crippen LogP contribution >= 0.6 is 11.6 Å². The van der Waals surface area contributed by atoms with E-state index in [0.717, 1.165) is 0 Å². The Bertz CT molecular complexity index is 1040. The van der Waals surface area contributed by atoms with Gasteiger partial charge in [-0.2, -0.15) is 0 Å². The van der Waals surface area contributed by atoms with Crippen LogP contribution in [0.3, 0.4) is 0 Å². The first-order valence-corrected chi connectivity index (χ1v) is 8.44. The van der Waals surface area contributed by atoms with Crippen LogP contribution in [0.4, 0.5) is 0 Å². The lowest BCUT2D eigenvalue weighted by Gasteiger charge is -2.11. The highest BCUT2D eigenvalue weighted by Crippen LogP contribution is 2.26. The lowest BCUT2D eigenvalue weighted by atomic mass is 10.1. The summed E-state index contributed by atoms with van der Waals surface area (Å²) in [6, 6.07) is 9.92. The van der Waals surface area contributed by atoms with Crippen molar-refractivity contribution >= 4 is 28.4 Å². The van der Waals surface area contributed by atoms with Gasteiger partial charge in [0.2, 0.25) is 0 Å². The molecule has 0 aliphatic heterocycles. The third-order valence-electron chi connectivity index (χ3n) is 3.85. The van der Waals surface area contributed by atoms with Crippen molar-refractivity contribution in [2.24, 2.45) is 0 Å². The Morgan fingerprint density at radius 1 is 1.23 bits per heavy atom. The Morgan fingerprint density at radius 2 is 2.00 bits per heavy atom. The van der Waals surface area contributed by atoms with Gasteiger partial charge in [-0.05, 0) is 50.2 Å². The Labute approximate surface area is 155 Å². The van der Waals surface area contributed by atoms with E-state index in [1.54, 1.807) is 36.4 Å². The molecule has 1 aromatic heterocycles. The molecular weight excluding hydrogens is 354 g/mol. The maximum Gasteiger partial charge on any atom is 0.265 e. The number of hydrogen-bond donors (Lipinski definition) is 1. The summed E-state index contributed by atoms with van der Waals surface area (Å²) in [5.74, 6) is 0.327. The first-order valence-electron chi connectivity index (χ1n) is 8.07. The van der Waals surface area contributed by atoms with E-state index in [0.29, 0.717) is 32.9 Å².